The Labute approximate surface area is 155 Å². The van der Waals surface area contributed by atoms with Crippen LogP contribution in [-0.4, -0.2) is 35.6 Å². The second-order valence-electron chi connectivity index (χ2n) is 5.76. The summed E-state index contributed by atoms with van der Waals surface area (Å²) in [6, 6.07) is 17.3. The second-order valence-corrected chi connectivity index (χ2v) is 5.76. The highest BCUT2D eigenvalue weighted by Crippen LogP contribution is 2.32. The SMILES string of the molecule is N=C(c1ccccc1)C(c1ncncn1)c1ccccc1-c1ncncn1. The molecular weight excluding hydrogens is 338 g/mol. The van der Waals surface area contributed by atoms with Gasteiger partial charge in [-0.25, -0.2) is 29.9 Å². The van der Waals surface area contributed by atoms with Crippen molar-refractivity contribution in [1.29, 1.82) is 5.41 Å². The topological polar surface area (TPSA) is 101 Å². The van der Waals surface area contributed by atoms with Crippen LogP contribution in [0.4, 0.5) is 0 Å². The summed E-state index contributed by atoms with van der Waals surface area (Å²) in [5.74, 6) is 0.559. The van der Waals surface area contributed by atoms with E-state index in [1.54, 1.807) is 0 Å². The minimum atomic E-state index is -0.483. The van der Waals surface area contributed by atoms with Gasteiger partial charge in [-0.05, 0) is 11.1 Å². The summed E-state index contributed by atoms with van der Waals surface area (Å²) in [5.41, 5.74) is 2.85. The summed E-state index contributed by atoms with van der Waals surface area (Å²) in [6.45, 7) is 0. The lowest BCUT2D eigenvalue weighted by Crippen LogP contribution is -2.18. The first-order chi connectivity index (χ1) is 13.3. The summed E-state index contributed by atoms with van der Waals surface area (Å²) in [4.78, 5) is 25.0. The minimum absolute atomic E-state index is 0.392. The molecule has 0 amide bonds. The number of rotatable bonds is 5. The number of nitrogens with one attached hydrogen (secondary N) is 1. The highest BCUT2D eigenvalue weighted by atomic mass is 15.0. The minimum Gasteiger partial charge on any atom is -0.304 e. The standard InChI is InChI=1S/C20H15N7/c21-18(14-6-2-1-3-7-14)17(20-26-12-23-13-27-20)15-8-4-5-9-16(15)19-24-10-22-11-25-19/h1-13,17,21H. The van der Waals surface area contributed by atoms with E-state index in [4.69, 9.17) is 5.41 Å². The van der Waals surface area contributed by atoms with Crippen LogP contribution in [0.3, 0.4) is 0 Å². The van der Waals surface area contributed by atoms with Crippen molar-refractivity contribution >= 4 is 5.71 Å². The molecule has 0 aliphatic rings. The summed E-state index contributed by atoms with van der Waals surface area (Å²) < 4.78 is 0. The zero-order valence-electron chi connectivity index (χ0n) is 14.3. The van der Waals surface area contributed by atoms with Gasteiger partial charge in [-0.3, -0.25) is 0 Å². The quantitative estimate of drug-likeness (QED) is 0.554. The molecule has 0 aliphatic carbocycles. The monoisotopic (exact) mass is 353 g/mol. The van der Waals surface area contributed by atoms with Gasteiger partial charge in [-0.2, -0.15) is 0 Å². The molecule has 7 nitrogen and oxygen atoms in total. The Bertz CT molecular complexity index is 1040. The molecule has 0 saturated heterocycles. The molecule has 2 aromatic carbocycles. The molecule has 1 N–H and O–H groups in total. The molecule has 2 heterocycles. The van der Waals surface area contributed by atoms with Gasteiger partial charge in [0, 0.05) is 5.56 Å². The van der Waals surface area contributed by atoms with Crippen LogP contribution >= 0.6 is 0 Å². The zero-order valence-corrected chi connectivity index (χ0v) is 14.3. The summed E-state index contributed by atoms with van der Waals surface area (Å²) >= 11 is 0. The van der Waals surface area contributed by atoms with E-state index in [1.807, 2.05) is 54.6 Å². The molecule has 0 spiro atoms. The Morgan fingerprint density at radius 2 is 1.30 bits per heavy atom. The highest BCUT2D eigenvalue weighted by Gasteiger charge is 2.26. The van der Waals surface area contributed by atoms with E-state index < -0.39 is 5.92 Å². The summed E-state index contributed by atoms with van der Waals surface area (Å²) in [5, 5.41) is 8.87. The third-order valence-electron chi connectivity index (χ3n) is 4.15. The van der Waals surface area contributed by atoms with Gasteiger partial charge in [-0.1, -0.05) is 54.6 Å². The Hall–Kier alpha value is -3.87. The molecule has 4 aromatic rings. The van der Waals surface area contributed by atoms with Crippen LogP contribution in [0.15, 0.2) is 79.9 Å². The van der Waals surface area contributed by atoms with Crippen LogP contribution in [0, 0.1) is 5.41 Å². The molecular formula is C20H15N7. The molecule has 4 rings (SSSR count). The van der Waals surface area contributed by atoms with E-state index in [-0.39, 0.29) is 0 Å². The maximum atomic E-state index is 8.87. The van der Waals surface area contributed by atoms with Gasteiger partial charge in [0.15, 0.2) is 5.82 Å². The molecule has 1 unspecified atom stereocenters. The Morgan fingerprint density at radius 1 is 0.704 bits per heavy atom. The third kappa shape index (κ3) is 3.43. The summed E-state index contributed by atoms with van der Waals surface area (Å²) in [7, 11) is 0. The van der Waals surface area contributed by atoms with Gasteiger partial charge in [0.25, 0.3) is 0 Å². The van der Waals surface area contributed by atoms with E-state index in [9.17, 15) is 0 Å². The van der Waals surface area contributed by atoms with Crippen molar-refractivity contribution < 1.29 is 0 Å². The molecule has 1 atom stereocenters. The highest BCUT2D eigenvalue weighted by molar-refractivity contribution is 6.05. The average molecular weight is 353 g/mol. The van der Waals surface area contributed by atoms with Crippen LogP contribution < -0.4 is 0 Å². The Morgan fingerprint density at radius 3 is 2.00 bits per heavy atom. The fourth-order valence-corrected chi connectivity index (χ4v) is 2.94. The maximum Gasteiger partial charge on any atom is 0.162 e. The largest absolute Gasteiger partial charge is 0.304 e. The summed E-state index contributed by atoms with van der Waals surface area (Å²) in [6.07, 6.45) is 5.80. The maximum absolute atomic E-state index is 8.87. The van der Waals surface area contributed by atoms with Crippen LogP contribution in [0.1, 0.15) is 22.9 Å². The lowest BCUT2D eigenvalue weighted by atomic mass is 9.86. The second kappa shape index (κ2) is 7.57. The first-order valence-electron chi connectivity index (χ1n) is 8.31. The van der Waals surface area contributed by atoms with Crippen molar-refractivity contribution in [3.63, 3.8) is 0 Å². The van der Waals surface area contributed by atoms with E-state index in [1.165, 1.54) is 25.3 Å². The molecule has 7 heteroatoms. The molecule has 0 saturated carbocycles. The number of hydrogen-bond acceptors (Lipinski definition) is 7. The molecule has 0 bridgehead atoms. The molecule has 0 radical (unpaired) electrons. The predicted octanol–water partition coefficient (Wildman–Crippen LogP) is 2.92. The number of aromatic nitrogens is 6. The third-order valence-corrected chi connectivity index (χ3v) is 4.15. The fraction of sp³-hybridized carbons (Fsp3) is 0.0500. The van der Waals surface area contributed by atoms with Crippen LogP contribution in [0.2, 0.25) is 0 Å². The van der Waals surface area contributed by atoms with Gasteiger partial charge >= 0.3 is 0 Å². The van der Waals surface area contributed by atoms with E-state index in [2.05, 4.69) is 29.9 Å². The van der Waals surface area contributed by atoms with Crippen molar-refractivity contribution in [3.05, 3.63) is 96.9 Å². The van der Waals surface area contributed by atoms with Gasteiger partial charge in [0.05, 0.1) is 11.6 Å². The zero-order chi connectivity index (χ0) is 18.5. The lowest BCUT2D eigenvalue weighted by molar-refractivity contribution is 0.871. The normalized spacial score (nSPS) is 11.7. The van der Waals surface area contributed by atoms with Gasteiger partial charge in [0.2, 0.25) is 0 Å². The van der Waals surface area contributed by atoms with Crippen LogP contribution in [-0.2, 0) is 0 Å². The number of hydrogen-bond donors (Lipinski definition) is 1. The molecule has 0 aliphatic heterocycles. The van der Waals surface area contributed by atoms with Crippen LogP contribution in [0.5, 0.6) is 0 Å². The number of benzene rings is 2. The van der Waals surface area contributed by atoms with Crippen molar-refractivity contribution in [2.24, 2.45) is 0 Å². The fourth-order valence-electron chi connectivity index (χ4n) is 2.94. The number of nitrogens with zero attached hydrogens (tertiary/aromatic N) is 6. The van der Waals surface area contributed by atoms with E-state index >= 15 is 0 Å². The first-order valence-corrected chi connectivity index (χ1v) is 8.31. The Kier molecular flexibility index (Phi) is 4.65. The van der Waals surface area contributed by atoms with Crippen molar-refractivity contribution in [3.8, 4) is 11.4 Å². The Balaban J connectivity index is 1.90. The van der Waals surface area contributed by atoms with Gasteiger partial charge < -0.3 is 5.41 Å². The molecule has 0 fully saturated rings. The van der Waals surface area contributed by atoms with Crippen molar-refractivity contribution in [1.82, 2.24) is 29.9 Å². The van der Waals surface area contributed by atoms with E-state index in [0.29, 0.717) is 17.4 Å². The predicted molar refractivity (Wildman–Crippen MR) is 100 cm³/mol. The molecule has 130 valence electrons. The molecule has 27 heavy (non-hydrogen) atoms. The average Bonchev–Trinajstić information content (AvgIpc) is 2.76. The molecule has 2 aromatic heterocycles. The van der Waals surface area contributed by atoms with Crippen LogP contribution in [0.25, 0.3) is 11.4 Å². The van der Waals surface area contributed by atoms with Crippen molar-refractivity contribution in [2.75, 3.05) is 0 Å². The lowest BCUT2D eigenvalue weighted by Gasteiger charge is -2.20. The van der Waals surface area contributed by atoms with Crippen molar-refractivity contribution in [2.45, 2.75) is 5.92 Å². The van der Waals surface area contributed by atoms with Gasteiger partial charge in [-0.15, -0.1) is 0 Å². The van der Waals surface area contributed by atoms with Gasteiger partial charge in [0.1, 0.15) is 31.1 Å². The smallest absolute Gasteiger partial charge is 0.162 e. The first kappa shape index (κ1) is 16.6. The van der Waals surface area contributed by atoms with E-state index in [0.717, 1.165) is 16.7 Å².